The van der Waals surface area contributed by atoms with Crippen LogP contribution in [0.1, 0.15) is 5.89 Å². The quantitative estimate of drug-likeness (QED) is 0.634. The van der Waals surface area contributed by atoms with Gasteiger partial charge in [-0.05, 0) is 12.1 Å². The van der Waals surface area contributed by atoms with Crippen LogP contribution in [0.4, 0.5) is 5.13 Å². The second kappa shape index (κ2) is 7.49. The van der Waals surface area contributed by atoms with Crippen LogP contribution in [0.2, 0.25) is 0 Å². The molecule has 2 heterocycles. The molecule has 8 nitrogen and oxygen atoms in total. The van der Waals surface area contributed by atoms with Crippen LogP contribution in [-0.4, -0.2) is 41.6 Å². The fourth-order valence-electron chi connectivity index (χ4n) is 1.90. The van der Waals surface area contributed by atoms with Crippen molar-refractivity contribution < 1.29 is 14.0 Å². The van der Waals surface area contributed by atoms with E-state index in [-0.39, 0.29) is 0 Å². The van der Waals surface area contributed by atoms with E-state index < -0.39 is 0 Å². The van der Waals surface area contributed by atoms with E-state index in [2.05, 4.69) is 25.7 Å². The highest BCUT2D eigenvalue weighted by molar-refractivity contribution is 8.00. The highest BCUT2D eigenvalue weighted by Gasteiger charge is 2.15. The third kappa shape index (κ3) is 3.60. The number of nitrogens with one attached hydrogen (secondary N) is 1. The summed E-state index contributed by atoms with van der Waals surface area (Å²) in [7, 11) is 5.00. The van der Waals surface area contributed by atoms with Gasteiger partial charge < -0.3 is 19.3 Å². The number of hydrogen-bond donors (Lipinski definition) is 1. The van der Waals surface area contributed by atoms with Gasteiger partial charge >= 0.3 is 0 Å². The molecular weight excluding hydrogens is 350 g/mol. The lowest BCUT2D eigenvalue weighted by Crippen LogP contribution is -1.91. The summed E-state index contributed by atoms with van der Waals surface area (Å²) >= 11 is 2.96. The van der Waals surface area contributed by atoms with Crippen LogP contribution in [-0.2, 0) is 5.75 Å². The molecule has 1 aromatic carbocycles. The predicted molar refractivity (Wildman–Crippen MR) is 91.9 cm³/mol. The monoisotopic (exact) mass is 365 g/mol. The normalized spacial score (nSPS) is 10.6. The second-order valence-electron chi connectivity index (χ2n) is 4.49. The van der Waals surface area contributed by atoms with Crippen LogP contribution in [0, 0.1) is 0 Å². The highest BCUT2D eigenvalue weighted by Crippen LogP contribution is 2.32. The molecule has 0 aliphatic heterocycles. The molecule has 0 spiro atoms. The standard InChI is InChI=1S/C14H15N5O3S2/c1-15-13-17-18-14(24-13)23-7-11-16-12(19-22-11)9-5-4-8(20-2)6-10(9)21-3/h4-6H,7H2,1-3H3,(H,15,17). The summed E-state index contributed by atoms with van der Waals surface area (Å²) in [6, 6.07) is 5.44. The van der Waals surface area contributed by atoms with E-state index in [9.17, 15) is 0 Å². The Morgan fingerprint density at radius 1 is 1.25 bits per heavy atom. The van der Waals surface area contributed by atoms with Crippen LogP contribution in [0.25, 0.3) is 11.4 Å². The Labute approximate surface area is 146 Å². The molecule has 0 bridgehead atoms. The maximum atomic E-state index is 5.37. The highest BCUT2D eigenvalue weighted by atomic mass is 32.2. The van der Waals surface area contributed by atoms with Crippen LogP contribution in [0.15, 0.2) is 27.1 Å². The minimum atomic E-state index is 0.471. The minimum Gasteiger partial charge on any atom is -0.497 e. The molecule has 1 N–H and O–H groups in total. The van der Waals surface area contributed by atoms with Gasteiger partial charge in [-0.3, -0.25) is 0 Å². The van der Waals surface area contributed by atoms with Crippen molar-refractivity contribution >= 4 is 28.2 Å². The van der Waals surface area contributed by atoms with Crippen molar-refractivity contribution in [3.05, 3.63) is 24.1 Å². The second-order valence-corrected chi connectivity index (χ2v) is 6.69. The van der Waals surface area contributed by atoms with E-state index in [1.807, 2.05) is 19.2 Å². The van der Waals surface area contributed by atoms with Gasteiger partial charge in [-0.1, -0.05) is 28.3 Å². The third-order valence-corrected chi connectivity index (χ3v) is 5.12. The lowest BCUT2D eigenvalue weighted by molar-refractivity contribution is 0.388. The van der Waals surface area contributed by atoms with Crippen molar-refractivity contribution in [2.45, 2.75) is 10.1 Å². The zero-order valence-corrected chi connectivity index (χ0v) is 14.9. The Morgan fingerprint density at radius 3 is 2.83 bits per heavy atom. The first-order chi connectivity index (χ1) is 11.7. The Balaban J connectivity index is 1.73. The molecular formula is C14H15N5O3S2. The van der Waals surface area contributed by atoms with Crippen molar-refractivity contribution in [3.63, 3.8) is 0 Å². The van der Waals surface area contributed by atoms with Crippen molar-refractivity contribution in [3.8, 4) is 22.9 Å². The van der Waals surface area contributed by atoms with E-state index in [0.29, 0.717) is 29.0 Å². The number of ether oxygens (including phenoxy) is 2. The van der Waals surface area contributed by atoms with Gasteiger partial charge in [-0.2, -0.15) is 4.98 Å². The van der Waals surface area contributed by atoms with Gasteiger partial charge in [0.1, 0.15) is 11.5 Å². The average molecular weight is 365 g/mol. The number of hydrogen-bond acceptors (Lipinski definition) is 10. The number of benzene rings is 1. The Bertz CT molecular complexity index is 820. The molecule has 2 aromatic heterocycles. The summed E-state index contributed by atoms with van der Waals surface area (Å²) in [5.41, 5.74) is 0.742. The van der Waals surface area contributed by atoms with Gasteiger partial charge in [0.25, 0.3) is 0 Å². The van der Waals surface area contributed by atoms with E-state index in [0.717, 1.165) is 15.0 Å². The Hall–Kier alpha value is -2.33. The molecule has 3 rings (SSSR count). The fourth-order valence-corrected chi connectivity index (χ4v) is 3.44. The number of aromatic nitrogens is 4. The summed E-state index contributed by atoms with van der Waals surface area (Å²) in [5, 5.41) is 15.8. The molecule has 0 amide bonds. The molecule has 0 fully saturated rings. The molecule has 0 atom stereocenters. The SMILES string of the molecule is CNc1nnc(SCc2nc(-c3ccc(OC)cc3OC)no2)s1. The fraction of sp³-hybridized carbons (Fsp3) is 0.286. The topological polar surface area (TPSA) is 95.2 Å². The average Bonchev–Trinajstić information content (AvgIpc) is 3.28. The first-order valence-corrected chi connectivity index (χ1v) is 8.72. The molecule has 0 aliphatic carbocycles. The van der Waals surface area contributed by atoms with Gasteiger partial charge in [0.05, 0.1) is 25.5 Å². The van der Waals surface area contributed by atoms with Gasteiger partial charge in [0, 0.05) is 13.1 Å². The number of thioether (sulfide) groups is 1. The summed E-state index contributed by atoms with van der Waals surface area (Å²) in [4.78, 5) is 4.41. The van der Waals surface area contributed by atoms with Crippen molar-refractivity contribution in [2.24, 2.45) is 0 Å². The third-order valence-electron chi connectivity index (χ3n) is 3.06. The minimum absolute atomic E-state index is 0.471. The molecule has 0 saturated carbocycles. The first-order valence-electron chi connectivity index (χ1n) is 6.92. The smallest absolute Gasteiger partial charge is 0.237 e. The number of nitrogens with zero attached hydrogens (tertiary/aromatic N) is 4. The molecule has 24 heavy (non-hydrogen) atoms. The van der Waals surface area contributed by atoms with Gasteiger partial charge in [0.2, 0.25) is 16.8 Å². The van der Waals surface area contributed by atoms with Crippen molar-refractivity contribution in [1.82, 2.24) is 20.3 Å². The maximum absolute atomic E-state index is 5.37. The molecule has 3 aromatic rings. The summed E-state index contributed by atoms with van der Waals surface area (Å²) in [6.07, 6.45) is 0. The predicted octanol–water partition coefficient (Wildman–Crippen LogP) is 2.94. The maximum Gasteiger partial charge on any atom is 0.237 e. The summed E-state index contributed by atoms with van der Waals surface area (Å²) < 4.78 is 16.7. The van der Waals surface area contributed by atoms with E-state index in [4.69, 9.17) is 14.0 Å². The van der Waals surface area contributed by atoms with Gasteiger partial charge in [0.15, 0.2) is 4.34 Å². The molecule has 0 unspecified atom stereocenters. The zero-order chi connectivity index (χ0) is 16.9. The van der Waals surface area contributed by atoms with Crippen molar-refractivity contribution in [1.29, 1.82) is 0 Å². The van der Waals surface area contributed by atoms with Gasteiger partial charge in [-0.25, -0.2) is 0 Å². The Morgan fingerprint density at radius 2 is 2.12 bits per heavy atom. The van der Waals surface area contributed by atoms with Crippen molar-refractivity contribution in [2.75, 3.05) is 26.6 Å². The van der Waals surface area contributed by atoms with Crippen LogP contribution in [0.3, 0.4) is 0 Å². The van der Waals surface area contributed by atoms with Crippen LogP contribution in [0.5, 0.6) is 11.5 Å². The van der Waals surface area contributed by atoms with E-state index in [1.165, 1.54) is 23.1 Å². The molecule has 0 aliphatic rings. The first kappa shape index (κ1) is 16.5. The molecule has 0 radical (unpaired) electrons. The lowest BCUT2D eigenvalue weighted by Gasteiger charge is -2.07. The zero-order valence-electron chi connectivity index (χ0n) is 13.3. The summed E-state index contributed by atoms with van der Waals surface area (Å²) in [6.45, 7) is 0. The number of rotatable bonds is 7. The van der Waals surface area contributed by atoms with Crippen LogP contribution < -0.4 is 14.8 Å². The molecule has 10 heteroatoms. The summed E-state index contributed by atoms with van der Waals surface area (Å²) in [5.74, 6) is 2.82. The number of methoxy groups -OCH3 is 2. The molecule has 126 valence electrons. The largest absolute Gasteiger partial charge is 0.497 e. The van der Waals surface area contributed by atoms with Gasteiger partial charge in [-0.15, -0.1) is 10.2 Å². The van der Waals surface area contributed by atoms with E-state index in [1.54, 1.807) is 20.3 Å². The molecule has 0 saturated heterocycles. The Kier molecular flexibility index (Phi) is 5.16. The lowest BCUT2D eigenvalue weighted by atomic mass is 10.2. The van der Waals surface area contributed by atoms with E-state index >= 15 is 0 Å². The van der Waals surface area contributed by atoms with Crippen LogP contribution >= 0.6 is 23.1 Å². The number of anilines is 1.